The van der Waals surface area contributed by atoms with Gasteiger partial charge in [0.2, 0.25) is 0 Å². The highest BCUT2D eigenvalue weighted by Gasteiger charge is 2.19. The number of hydrogen-bond acceptors (Lipinski definition) is 6. The number of benzene rings is 2. The normalized spacial score (nSPS) is 12.1. The molecule has 32 heavy (non-hydrogen) atoms. The molecule has 0 fully saturated rings. The molecule has 0 atom stereocenters. The van der Waals surface area contributed by atoms with E-state index in [1.54, 1.807) is 65.8 Å². The summed E-state index contributed by atoms with van der Waals surface area (Å²) in [5, 5.41) is 27.8. The Morgan fingerprint density at radius 2 is 1.44 bits per heavy atom. The molecule has 8 nitrogen and oxygen atoms in total. The van der Waals surface area contributed by atoms with E-state index in [1.807, 2.05) is 0 Å². The number of ether oxygens (including phenoxy) is 2. The lowest BCUT2D eigenvalue weighted by atomic mass is 9.95. The van der Waals surface area contributed by atoms with Gasteiger partial charge >= 0.3 is 12.2 Å². The van der Waals surface area contributed by atoms with Gasteiger partial charge in [0.05, 0.1) is 0 Å². The molecular weight excluding hydrogens is 412 g/mol. The fraction of sp³-hybridized carbons (Fsp3) is 0.417. The third kappa shape index (κ3) is 7.08. The Balaban J connectivity index is 2.30. The van der Waals surface area contributed by atoms with Gasteiger partial charge in [-0.2, -0.15) is 0 Å². The minimum absolute atomic E-state index is 0.0127. The standard InChI is InChI=1S/C24H32N2O6/c1-23(2,3)31-21(29)25-13-11-17-18(12-14-26-22(30)32-24(4,5)6)20(28)16-10-8-7-9-15(16)19(17)27/h7-11,13,27-28H,12,14H2,1-6H3,(H,25,29)(H,26,30). The molecule has 174 valence electrons. The molecule has 8 heteroatoms. The first-order chi connectivity index (χ1) is 14.8. The fourth-order valence-electron chi connectivity index (χ4n) is 3.01. The Morgan fingerprint density at radius 3 is 2.00 bits per heavy atom. The van der Waals surface area contributed by atoms with Gasteiger partial charge in [-0.15, -0.1) is 0 Å². The third-order valence-electron chi connectivity index (χ3n) is 4.20. The average Bonchev–Trinajstić information content (AvgIpc) is 2.64. The molecule has 0 saturated carbocycles. The van der Waals surface area contributed by atoms with Crippen LogP contribution in [0.5, 0.6) is 11.5 Å². The first-order valence-corrected chi connectivity index (χ1v) is 10.4. The van der Waals surface area contributed by atoms with Gasteiger partial charge in [-0.05, 0) is 54.0 Å². The molecule has 0 aliphatic heterocycles. The number of amides is 2. The fourth-order valence-corrected chi connectivity index (χ4v) is 3.01. The maximum absolute atomic E-state index is 11.9. The molecule has 0 aromatic heterocycles. The predicted octanol–water partition coefficient (Wildman–Crippen LogP) is 4.81. The van der Waals surface area contributed by atoms with Crippen LogP contribution in [0.3, 0.4) is 0 Å². The lowest BCUT2D eigenvalue weighted by Gasteiger charge is -2.20. The molecule has 2 aromatic rings. The van der Waals surface area contributed by atoms with Gasteiger partial charge in [0.1, 0.15) is 22.7 Å². The minimum atomic E-state index is -0.653. The molecule has 2 aromatic carbocycles. The molecule has 0 spiro atoms. The summed E-state index contributed by atoms with van der Waals surface area (Å²) in [6, 6.07) is 6.88. The summed E-state index contributed by atoms with van der Waals surface area (Å²) in [5.41, 5.74) is -0.545. The number of phenols is 2. The molecule has 0 aliphatic carbocycles. The van der Waals surface area contributed by atoms with Gasteiger partial charge in [0, 0.05) is 34.6 Å². The summed E-state index contributed by atoms with van der Waals surface area (Å²) in [7, 11) is 0. The van der Waals surface area contributed by atoms with Gasteiger partial charge in [0.15, 0.2) is 0 Å². The number of nitrogens with one attached hydrogen (secondary N) is 2. The Morgan fingerprint density at radius 1 is 0.906 bits per heavy atom. The molecule has 4 N–H and O–H groups in total. The van der Waals surface area contributed by atoms with Crippen LogP contribution >= 0.6 is 0 Å². The highest BCUT2D eigenvalue weighted by atomic mass is 16.6. The first-order valence-electron chi connectivity index (χ1n) is 10.4. The van der Waals surface area contributed by atoms with Gasteiger partial charge < -0.3 is 25.0 Å². The third-order valence-corrected chi connectivity index (χ3v) is 4.20. The summed E-state index contributed by atoms with van der Waals surface area (Å²) in [6.07, 6.45) is 1.81. The van der Waals surface area contributed by atoms with Crippen molar-refractivity contribution in [3.8, 4) is 11.5 Å². The zero-order chi connectivity index (χ0) is 24.1. The van der Waals surface area contributed by atoms with Crippen molar-refractivity contribution in [1.82, 2.24) is 10.6 Å². The Kier molecular flexibility index (Phi) is 7.61. The minimum Gasteiger partial charge on any atom is -0.507 e. The van der Waals surface area contributed by atoms with Crippen molar-refractivity contribution in [2.75, 3.05) is 6.54 Å². The van der Waals surface area contributed by atoms with Gasteiger partial charge in [0.25, 0.3) is 0 Å². The molecule has 0 unspecified atom stereocenters. The highest BCUT2D eigenvalue weighted by molar-refractivity contribution is 5.97. The Hall–Kier alpha value is -3.42. The molecule has 0 heterocycles. The molecule has 0 aliphatic rings. The maximum atomic E-state index is 11.9. The lowest BCUT2D eigenvalue weighted by Crippen LogP contribution is -2.33. The summed E-state index contributed by atoms with van der Waals surface area (Å²) in [6.45, 7) is 10.7. The van der Waals surface area contributed by atoms with Crippen LogP contribution in [0.1, 0.15) is 52.7 Å². The number of carbonyl (C=O) groups excluding carboxylic acids is 2. The van der Waals surface area contributed by atoms with Gasteiger partial charge in [-0.25, -0.2) is 9.59 Å². The van der Waals surface area contributed by atoms with Gasteiger partial charge in [-0.1, -0.05) is 24.3 Å². The number of alkyl carbamates (subject to hydrolysis) is 2. The lowest BCUT2D eigenvalue weighted by molar-refractivity contribution is 0.0523. The summed E-state index contributed by atoms with van der Waals surface area (Å²) in [5.74, 6) is -0.0609. The molecule has 0 radical (unpaired) electrons. The van der Waals surface area contributed by atoms with Crippen LogP contribution in [0, 0.1) is 0 Å². The molecule has 0 bridgehead atoms. The number of fused-ring (bicyclic) bond motifs is 1. The predicted molar refractivity (Wildman–Crippen MR) is 124 cm³/mol. The van der Waals surface area contributed by atoms with E-state index in [4.69, 9.17) is 9.47 Å². The van der Waals surface area contributed by atoms with Crippen molar-refractivity contribution >= 4 is 29.0 Å². The first kappa shape index (κ1) is 24.8. The number of rotatable bonds is 5. The van der Waals surface area contributed by atoms with E-state index in [2.05, 4.69) is 10.6 Å². The number of aromatic hydroxyl groups is 2. The second kappa shape index (κ2) is 9.80. The number of phenolic OH excluding ortho intramolecular Hbond substituents is 2. The van der Waals surface area contributed by atoms with E-state index in [1.165, 1.54) is 12.3 Å². The Bertz CT molecular complexity index is 1020. The van der Waals surface area contributed by atoms with Crippen LogP contribution in [0.4, 0.5) is 9.59 Å². The maximum Gasteiger partial charge on any atom is 0.411 e. The summed E-state index contributed by atoms with van der Waals surface area (Å²) in [4.78, 5) is 23.8. The van der Waals surface area contributed by atoms with Gasteiger partial charge in [-0.3, -0.25) is 5.32 Å². The molecular formula is C24H32N2O6. The highest BCUT2D eigenvalue weighted by Crippen LogP contribution is 2.40. The van der Waals surface area contributed by atoms with Crippen LogP contribution in [0.15, 0.2) is 30.5 Å². The number of carbonyl (C=O) groups is 2. The number of hydrogen-bond donors (Lipinski definition) is 4. The van der Waals surface area contributed by atoms with Crippen molar-refractivity contribution in [3.63, 3.8) is 0 Å². The zero-order valence-electron chi connectivity index (χ0n) is 19.4. The molecule has 2 amide bonds. The molecule has 2 rings (SSSR count). The van der Waals surface area contributed by atoms with E-state index in [0.717, 1.165) is 0 Å². The van der Waals surface area contributed by atoms with E-state index >= 15 is 0 Å². The van der Waals surface area contributed by atoms with Crippen molar-refractivity contribution < 1.29 is 29.3 Å². The van der Waals surface area contributed by atoms with E-state index in [0.29, 0.717) is 21.9 Å². The van der Waals surface area contributed by atoms with Crippen LogP contribution in [0.2, 0.25) is 0 Å². The quantitative estimate of drug-likeness (QED) is 0.492. The monoisotopic (exact) mass is 444 g/mol. The van der Waals surface area contributed by atoms with Crippen molar-refractivity contribution in [2.45, 2.75) is 59.2 Å². The van der Waals surface area contributed by atoms with E-state index in [9.17, 15) is 19.8 Å². The largest absolute Gasteiger partial charge is 0.507 e. The van der Waals surface area contributed by atoms with Crippen molar-refractivity contribution in [3.05, 3.63) is 41.6 Å². The van der Waals surface area contributed by atoms with E-state index < -0.39 is 23.4 Å². The van der Waals surface area contributed by atoms with Crippen molar-refractivity contribution in [2.24, 2.45) is 0 Å². The second-order valence-corrected chi connectivity index (χ2v) is 9.29. The molecule has 0 saturated heterocycles. The summed E-state index contributed by atoms with van der Waals surface area (Å²) >= 11 is 0. The smallest absolute Gasteiger partial charge is 0.411 e. The van der Waals surface area contributed by atoms with Crippen LogP contribution in [0.25, 0.3) is 16.8 Å². The summed E-state index contributed by atoms with van der Waals surface area (Å²) < 4.78 is 10.4. The van der Waals surface area contributed by atoms with Crippen LogP contribution in [-0.2, 0) is 15.9 Å². The topological polar surface area (TPSA) is 117 Å². The van der Waals surface area contributed by atoms with Crippen LogP contribution < -0.4 is 10.6 Å². The Labute approximate surface area is 188 Å². The second-order valence-electron chi connectivity index (χ2n) is 9.29. The van der Waals surface area contributed by atoms with Crippen molar-refractivity contribution in [1.29, 1.82) is 0 Å². The average molecular weight is 445 g/mol. The zero-order valence-corrected chi connectivity index (χ0v) is 19.4. The van der Waals surface area contributed by atoms with Crippen LogP contribution in [-0.4, -0.2) is 40.1 Å². The van der Waals surface area contributed by atoms with E-state index in [-0.39, 0.29) is 24.5 Å². The SMILES string of the molecule is CC(C)(C)OC(=O)NC=Cc1c(CCNC(=O)OC(C)(C)C)c(O)c2ccccc2c1O.